The number of nitrogens with one attached hydrogen (secondary N) is 1. The van der Waals surface area contributed by atoms with Crippen LogP contribution >= 0.6 is 0 Å². The molecule has 118 valence electrons. The summed E-state index contributed by atoms with van der Waals surface area (Å²) < 4.78 is 5.58. The monoisotopic (exact) mass is 292 g/mol. The van der Waals surface area contributed by atoms with Gasteiger partial charge >= 0.3 is 0 Å². The molecule has 21 heavy (non-hydrogen) atoms. The Morgan fingerprint density at radius 1 is 1.33 bits per heavy atom. The summed E-state index contributed by atoms with van der Waals surface area (Å²) in [6.45, 7) is 6.20. The van der Waals surface area contributed by atoms with Gasteiger partial charge in [-0.2, -0.15) is 0 Å². The lowest BCUT2D eigenvalue weighted by molar-refractivity contribution is -0.122. The molecule has 0 aliphatic rings. The molecule has 1 atom stereocenters. The van der Waals surface area contributed by atoms with E-state index in [4.69, 9.17) is 10.5 Å². The number of para-hydroxylation sites is 1. The Bertz CT molecular complexity index is 426. The van der Waals surface area contributed by atoms with Gasteiger partial charge in [0.1, 0.15) is 6.61 Å². The number of amides is 1. The third-order valence-corrected chi connectivity index (χ3v) is 3.53. The maximum absolute atomic E-state index is 11.9. The van der Waals surface area contributed by atoms with Gasteiger partial charge in [0.2, 0.25) is 5.91 Å². The average Bonchev–Trinajstić information content (AvgIpc) is 2.45. The maximum Gasteiger partial charge on any atom is 0.250 e. The van der Waals surface area contributed by atoms with Crippen molar-refractivity contribution in [2.45, 2.75) is 59.0 Å². The van der Waals surface area contributed by atoms with Gasteiger partial charge in [-0.05, 0) is 31.9 Å². The first kappa shape index (κ1) is 17.5. The standard InChI is InChI=1S/C17H28N2O2/c1-4-5-6-7-10-14(3)21-12-16(20)19-17-13(2)9-8-11-15(17)18/h8-9,11,14H,4-7,10,12,18H2,1-3H3,(H,19,20). The van der Waals surface area contributed by atoms with Gasteiger partial charge in [-0.15, -0.1) is 0 Å². The van der Waals surface area contributed by atoms with Crippen LogP contribution in [0.5, 0.6) is 0 Å². The van der Waals surface area contributed by atoms with Crippen LogP contribution in [0.3, 0.4) is 0 Å². The van der Waals surface area contributed by atoms with Crippen LogP contribution in [0, 0.1) is 6.92 Å². The number of anilines is 2. The molecule has 1 aromatic rings. The highest BCUT2D eigenvalue weighted by molar-refractivity contribution is 5.95. The van der Waals surface area contributed by atoms with Crippen molar-refractivity contribution in [3.8, 4) is 0 Å². The van der Waals surface area contributed by atoms with E-state index in [-0.39, 0.29) is 18.6 Å². The molecular formula is C17H28N2O2. The summed E-state index contributed by atoms with van der Waals surface area (Å²) in [5, 5.41) is 2.82. The lowest BCUT2D eigenvalue weighted by atomic mass is 10.1. The Morgan fingerprint density at radius 3 is 2.76 bits per heavy atom. The molecule has 0 radical (unpaired) electrons. The number of aryl methyl sites for hydroxylation is 1. The van der Waals surface area contributed by atoms with Gasteiger partial charge in [0.25, 0.3) is 0 Å². The van der Waals surface area contributed by atoms with Crippen molar-refractivity contribution in [1.29, 1.82) is 0 Å². The van der Waals surface area contributed by atoms with Gasteiger partial charge < -0.3 is 15.8 Å². The van der Waals surface area contributed by atoms with Gasteiger partial charge in [-0.3, -0.25) is 4.79 Å². The van der Waals surface area contributed by atoms with E-state index in [0.29, 0.717) is 11.4 Å². The molecule has 0 aliphatic heterocycles. The van der Waals surface area contributed by atoms with E-state index < -0.39 is 0 Å². The summed E-state index contributed by atoms with van der Waals surface area (Å²) in [6.07, 6.45) is 5.99. The number of nitrogen functional groups attached to an aromatic ring is 1. The summed E-state index contributed by atoms with van der Waals surface area (Å²) in [6, 6.07) is 5.57. The van der Waals surface area contributed by atoms with Gasteiger partial charge in [-0.1, -0.05) is 44.7 Å². The Hall–Kier alpha value is -1.55. The summed E-state index contributed by atoms with van der Waals surface area (Å²) in [7, 11) is 0. The number of unbranched alkanes of at least 4 members (excludes halogenated alkanes) is 3. The topological polar surface area (TPSA) is 64.3 Å². The minimum atomic E-state index is -0.156. The SMILES string of the molecule is CCCCCCC(C)OCC(=O)Nc1c(C)cccc1N. The van der Waals surface area contributed by atoms with Gasteiger partial charge in [-0.25, -0.2) is 0 Å². The van der Waals surface area contributed by atoms with E-state index >= 15 is 0 Å². The number of carbonyl (C=O) groups is 1. The highest BCUT2D eigenvalue weighted by atomic mass is 16.5. The van der Waals surface area contributed by atoms with Crippen molar-refractivity contribution in [2.75, 3.05) is 17.7 Å². The molecule has 1 amide bonds. The molecule has 0 bridgehead atoms. The van der Waals surface area contributed by atoms with E-state index in [2.05, 4.69) is 12.2 Å². The zero-order chi connectivity index (χ0) is 15.7. The van der Waals surface area contributed by atoms with E-state index in [1.807, 2.05) is 26.0 Å². The number of benzene rings is 1. The first-order valence-electron chi connectivity index (χ1n) is 7.81. The molecule has 0 saturated heterocycles. The van der Waals surface area contributed by atoms with Gasteiger partial charge in [0.15, 0.2) is 0 Å². The second kappa shape index (κ2) is 9.40. The summed E-state index contributed by atoms with van der Waals surface area (Å²) in [5.41, 5.74) is 8.08. The molecular weight excluding hydrogens is 264 g/mol. The van der Waals surface area contributed by atoms with E-state index in [1.165, 1.54) is 19.3 Å². The Kier molecular flexibility index (Phi) is 7.83. The normalized spacial score (nSPS) is 12.1. The van der Waals surface area contributed by atoms with Crippen LogP contribution in [0.2, 0.25) is 0 Å². The number of hydrogen-bond acceptors (Lipinski definition) is 3. The second-order valence-electron chi connectivity index (χ2n) is 5.56. The van der Waals surface area contributed by atoms with Crippen molar-refractivity contribution in [3.05, 3.63) is 23.8 Å². The molecule has 0 aromatic heterocycles. The maximum atomic E-state index is 11.9. The van der Waals surface area contributed by atoms with Crippen molar-refractivity contribution in [3.63, 3.8) is 0 Å². The quantitative estimate of drug-likeness (QED) is 0.536. The minimum absolute atomic E-state index is 0.0721. The van der Waals surface area contributed by atoms with Crippen LogP contribution in [-0.2, 0) is 9.53 Å². The van der Waals surface area contributed by atoms with Crippen LogP contribution < -0.4 is 11.1 Å². The first-order valence-corrected chi connectivity index (χ1v) is 7.81. The Labute approximate surface area is 128 Å². The molecule has 1 unspecified atom stereocenters. The van der Waals surface area contributed by atoms with E-state index in [1.54, 1.807) is 6.07 Å². The van der Waals surface area contributed by atoms with Crippen molar-refractivity contribution in [1.82, 2.24) is 0 Å². The third-order valence-electron chi connectivity index (χ3n) is 3.53. The van der Waals surface area contributed by atoms with Crippen LogP contribution in [0.25, 0.3) is 0 Å². The zero-order valence-corrected chi connectivity index (χ0v) is 13.4. The fraction of sp³-hybridized carbons (Fsp3) is 0.588. The molecule has 1 rings (SSSR count). The summed E-state index contributed by atoms with van der Waals surface area (Å²) >= 11 is 0. The molecule has 0 aliphatic carbocycles. The Balaban J connectivity index is 2.31. The van der Waals surface area contributed by atoms with Gasteiger partial charge in [0, 0.05) is 0 Å². The zero-order valence-electron chi connectivity index (χ0n) is 13.4. The highest BCUT2D eigenvalue weighted by Gasteiger charge is 2.10. The number of carbonyl (C=O) groups excluding carboxylic acids is 1. The minimum Gasteiger partial charge on any atom is -0.397 e. The van der Waals surface area contributed by atoms with Gasteiger partial charge in [0.05, 0.1) is 17.5 Å². The molecule has 1 aromatic carbocycles. The van der Waals surface area contributed by atoms with Crippen LogP contribution in [0.4, 0.5) is 11.4 Å². The molecule has 3 N–H and O–H groups in total. The molecule has 0 saturated carbocycles. The van der Waals surface area contributed by atoms with Crippen LogP contribution in [0.1, 0.15) is 51.5 Å². The predicted octanol–water partition coefficient (Wildman–Crippen LogP) is 3.89. The highest BCUT2D eigenvalue weighted by Crippen LogP contribution is 2.22. The third kappa shape index (κ3) is 6.63. The van der Waals surface area contributed by atoms with Crippen LogP contribution in [-0.4, -0.2) is 18.6 Å². The van der Waals surface area contributed by atoms with Crippen molar-refractivity contribution >= 4 is 17.3 Å². The fourth-order valence-corrected chi connectivity index (χ4v) is 2.20. The van der Waals surface area contributed by atoms with Crippen LogP contribution in [0.15, 0.2) is 18.2 Å². The molecule has 0 heterocycles. The number of nitrogens with two attached hydrogens (primary N) is 1. The summed E-state index contributed by atoms with van der Waals surface area (Å²) in [5.74, 6) is -0.156. The number of ether oxygens (including phenoxy) is 1. The first-order chi connectivity index (χ1) is 10.0. The molecule has 0 fully saturated rings. The molecule has 4 heteroatoms. The largest absolute Gasteiger partial charge is 0.397 e. The van der Waals surface area contributed by atoms with E-state index in [0.717, 1.165) is 18.4 Å². The predicted molar refractivity (Wildman–Crippen MR) is 88.4 cm³/mol. The molecule has 4 nitrogen and oxygen atoms in total. The molecule has 0 spiro atoms. The average molecular weight is 292 g/mol. The summed E-state index contributed by atoms with van der Waals surface area (Å²) in [4.78, 5) is 11.9. The number of rotatable bonds is 9. The second-order valence-corrected chi connectivity index (χ2v) is 5.56. The lowest BCUT2D eigenvalue weighted by Gasteiger charge is -2.14. The lowest BCUT2D eigenvalue weighted by Crippen LogP contribution is -2.22. The fourth-order valence-electron chi connectivity index (χ4n) is 2.20. The smallest absolute Gasteiger partial charge is 0.250 e. The number of hydrogen-bond donors (Lipinski definition) is 2. The van der Waals surface area contributed by atoms with Crippen molar-refractivity contribution in [2.24, 2.45) is 0 Å². The van der Waals surface area contributed by atoms with Crippen molar-refractivity contribution < 1.29 is 9.53 Å². The van der Waals surface area contributed by atoms with E-state index in [9.17, 15) is 4.79 Å². The Morgan fingerprint density at radius 2 is 2.10 bits per heavy atom.